The van der Waals surface area contributed by atoms with Crippen LogP contribution >= 0.6 is 0 Å². The molecule has 0 saturated heterocycles. The minimum absolute atomic E-state index is 0.0106. The molecule has 1 aliphatic rings. The topological polar surface area (TPSA) is 43.1 Å². The molecule has 0 saturated carbocycles. The van der Waals surface area contributed by atoms with E-state index in [1.54, 1.807) is 0 Å². The molecule has 4 atom stereocenters. The van der Waals surface area contributed by atoms with Crippen molar-refractivity contribution in [2.75, 3.05) is 0 Å². The van der Waals surface area contributed by atoms with Gasteiger partial charge in [-0.15, -0.1) is 0 Å². The van der Waals surface area contributed by atoms with E-state index in [1.807, 2.05) is 13.0 Å². The third-order valence-corrected chi connectivity index (χ3v) is 5.83. The normalized spacial score (nSPS) is 32.6. The molecule has 17 heavy (non-hydrogen) atoms. The van der Waals surface area contributed by atoms with Gasteiger partial charge >= 0.3 is 0 Å². The van der Waals surface area contributed by atoms with Crippen LogP contribution in [-0.4, -0.2) is 9.46 Å². The quantitative estimate of drug-likeness (QED) is 0.834. The Hall–Kier alpha value is -0.670. The summed E-state index contributed by atoms with van der Waals surface area (Å²) in [6, 6.07) is 6.24. The van der Waals surface area contributed by atoms with Crippen molar-refractivity contribution in [1.29, 1.82) is 0 Å². The summed E-state index contributed by atoms with van der Waals surface area (Å²) in [6.07, 6.45) is 0. The summed E-state index contributed by atoms with van der Waals surface area (Å²) in [5.74, 6) is 0.751. The molecule has 2 rings (SSSR count). The molecule has 94 valence electrons. The standard InChI is InChI=1S/C14H21NOS/c1-8(2)11-5-6-13-12(7-11)14(15)9(3)10(4)17(13)16/h5-10,14H,15H2,1-4H3. The van der Waals surface area contributed by atoms with E-state index in [9.17, 15) is 4.21 Å². The van der Waals surface area contributed by atoms with Crippen LogP contribution in [0.2, 0.25) is 0 Å². The molecule has 4 unspecified atom stereocenters. The predicted octanol–water partition coefficient (Wildman–Crippen LogP) is 2.96. The Labute approximate surface area is 106 Å². The minimum Gasteiger partial charge on any atom is -0.324 e. The highest BCUT2D eigenvalue weighted by Crippen LogP contribution is 2.37. The molecule has 0 aliphatic carbocycles. The van der Waals surface area contributed by atoms with Crippen LogP contribution in [0.5, 0.6) is 0 Å². The lowest BCUT2D eigenvalue weighted by atomic mass is 9.89. The number of nitrogens with two attached hydrogens (primary N) is 1. The maximum Gasteiger partial charge on any atom is 0.0564 e. The van der Waals surface area contributed by atoms with Crippen LogP contribution in [0.25, 0.3) is 0 Å². The molecule has 0 spiro atoms. The fourth-order valence-corrected chi connectivity index (χ4v) is 3.93. The number of benzene rings is 1. The summed E-state index contributed by atoms with van der Waals surface area (Å²) in [5.41, 5.74) is 8.64. The predicted molar refractivity (Wildman–Crippen MR) is 72.5 cm³/mol. The Kier molecular flexibility index (Phi) is 3.41. The Morgan fingerprint density at radius 1 is 1.29 bits per heavy atom. The van der Waals surface area contributed by atoms with E-state index < -0.39 is 10.8 Å². The highest BCUT2D eigenvalue weighted by atomic mass is 32.2. The minimum atomic E-state index is -0.912. The monoisotopic (exact) mass is 251 g/mol. The molecule has 1 aromatic carbocycles. The highest BCUT2D eigenvalue weighted by Gasteiger charge is 2.34. The summed E-state index contributed by atoms with van der Waals surface area (Å²) in [6.45, 7) is 8.45. The molecular formula is C14H21NOS. The first-order valence-corrected chi connectivity index (χ1v) is 7.44. The van der Waals surface area contributed by atoms with E-state index in [1.165, 1.54) is 5.56 Å². The second-order valence-electron chi connectivity index (χ2n) is 5.34. The van der Waals surface area contributed by atoms with Crippen molar-refractivity contribution < 1.29 is 4.21 Å². The first-order chi connectivity index (χ1) is 7.93. The number of hydrogen-bond acceptors (Lipinski definition) is 2. The average Bonchev–Trinajstić information content (AvgIpc) is 2.32. The van der Waals surface area contributed by atoms with Gasteiger partial charge < -0.3 is 5.73 Å². The maximum absolute atomic E-state index is 12.3. The van der Waals surface area contributed by atoms with Gasteiger partial charge in [0, 0.05) is 16.2 Å². The molecule has 2 nitrogen and oxygen atoms in total. The zero-order valence-electron chi connectivity index (χ0n) is 10.9. The van der Waals surface area contributed by atoms with Gasteiger partial charge in [0.2, 0.25) is 0 Å². The van der Waals surface area contributed by atoms with Gasteiger partial charge in [0.1, 0.15) is 0 Å². The molecule has 1 heterocycles. The third kappa shape index (κ3) is 2.06. The van der Waals surface area contributed by atoms with Crippen molar-refractivity contribution in [3.05, 3.63) is 29.3 Å². The highest BCUT2D eigenvalue weighted by molar-refractivity contribution is 7.85. The number of hydrogen-bond donors (Lipinski definition) is 1. The molecule has 1 aliphatic heterocycles. The van der Waals surface area contributed by atoms with Crippen LogP contribution in [-0.2, 0) is 10.8 Å². The van der Waals surface area contributed by atoms with E-state index in [0.29, 0.717) is 5.92 Å². The van der Waals surface area contributed by atoms with Gasteiger partial charge in [-0.3, -0.25) is 4.21 Å². The van der Waals surface area contributed by atoms with E-state index in [0.717, 1.165) is 10.5 Å². The summed E-state index contributed by atoms with van der Waals surface area (Å²) >= 11 is 0. The SMILES string of the molecule is CC(C)c1ccc2c(c1)C(N)C(C)C(C)S2=O. The maximum atomic E-state index is 12.3. The van der Waals surface area contributed by atoms with Crippen molar-refractivity contribution in [3.8, 4) is 0 Å². The number of fused-ring (bicyclic) bond motifs is 1. The summed E-state index contributed by atoms with van der Waals surface area (Å²) in [5, 5.41) is 0.141. The smallest absolute Gasteiger partial charge is 0.0564 e. The zero-order valence-corrected chi connectivity index (χ0v) is 11.8. The number of rotatable bonds is 1. The van der Waals surface area contributed by atoms with E-state index in [2.05, 4.69) is 32.9 Å². The summed E-state index contributed by atoms with van der Waals surface area (Å²) in [4.78, 5) is 0.938. The lowest BCUT2D eigenvalue weighted by Crippen LogP contribution is -2.36. The first-order valence-electron chi connectivity index (χ1n) is 6.23. The summed E-state index contributed by atoms with van der Waals surface area (Å²) < 4.78 is 12.3. The molecule has 1 aromatic rings. The lowest BCUT2D eigenvalue weighted by molar-refractivity contribution is 0.441. The van der Waals surface area contributed by atoms with E-state index in [4.69, 9.17) is 5.73 Å². The van der Waals surface area contributed by atoms with Crippen LogP contribution in [0.4, 0.5) is 0 Å². The van der Waals surface area contributed by atoms with Gasteiger partial charge in [-0.2, -0.15) is 0 Å². The Morgan fingerprint density at radius 3 is 2.53 bits per heavy atom. The molecule has 0 bridgehead atoms. The Bertz CT molecular complexity index is 456. The van der Waals surface area contributed by atoms with Crippen LogP contribution in [0.1, 0.15) is 50.8 Å². The first kappa shape index (κ1) is 12.8. The van der Waals surface area contributed by atoms with Crippen LogP contribution in [0.15, 0.2) is 23.1 Å². The van der Waals surface area contributed by atoms with Gasteiger partial charge in [0.15, 0.2) is 0 Å². The lowest BCUT2D eigenvalue weighted by Gasteiger charge is -2.33. The molecule has 0 fully saturated rings. The molecular weight excluding hydrogens is 230 g/mol. The van der Waals surface area contributed by atoms with Gasteiger partial charge in [0.05, 0.1) is 10.8 Å². The van der Waals surface area contributed by atoms with Crippen molar-refractivity contribution in [1.82, 2.24) is 0 Å². The van der Waals surface area contributed by atoms with Crippen LogP contribution in [0, 0.1) is 5.92 Å². The Balaban J connectivity index is 2.54. The fraction of sp³-hybridized carbons (Fsp3) is 0.571. The van der Waals surface area contributed by atoms with Crippen LogP contribution in [0.3, 0.4) is 0 Å². The fourth-order valence-electron chi connectivity index (χ4n) is 2.34. The Morgan fingerprint density at radius 2 is 1.94 bits per heavy atom. The second kappa shape index (κ2) is 4.54. The van der Waals surface area contributed by atoms with E-state index in [-0.39, 0.29) is 17.2 Å². The molecule has 0 aromatic heterocycles. The van der Waals surface area contributed by atoms with Gasteiger partial charge in [-0.1, -0.05) is 39.8 Å². The van der Waals surface area contributed by atoms with Gasteiger partial charge in [-0.25, -0.2) is 0 Å². The largest absolute Gasteiger partial charge is 0.324 e. The molecule has 3 heteroatoms. The van der Waals surface area contributed by atoms with E-state index >= 15 is 0 Å². The second-order valence-corrected chi connectivity index (χ2v) is 7.12. The van der Waals surface area contributed by atoms with Crippen molar-refractivity contribution >= 4 is 10.8 Å². The van der Waals surface area contributed by atoms with Crippen LogP contribution < -0.4 is 5.73 Å². The average molecular weight is 251 g/mol. The molecule has 2 N–H and O–H groups in total. The summed E-state index contributed by atoms with van der Waals surface area (Å²) in [7, 11) is -0.912. The van der Waals surface area contributed by atoms with Crippen molar-refractivity contribution in [2.24, 2.45) is 11.7 Å². The van der Waals surface area contributed by atoms with Gasteiger partial charge in [0.25, 0.3) is 0 Å². The molecule has 0 amide bonds. The zero-order chi connectivity index (χ0) is 12.7. The molecule has 0 radical (unpaired) electrons. The van der Waals surface area contributed by atoms with Crippen molar-refractivity contribution in [3.63, 3.8) is 0 Å². The third-order valence-electron chi connectivity index (χ3n) is 3.92. The van der Waals surface area contributed by atoms with Gasteiger partial charge in [-0.05, 0) is 29.0 Å². The van der Waals surface area contributed by atoms with Crippen molar-refractivity contribution in [2.45, 2.75) is 49.8 Å².